The van der Waals surface area contributed by atoms with Gasteiger partial charge in [-0.05, 0) is 25.9 Å². The van der Waals surface area contributed by atoms with Crippen LogP contribution in [0.3, 0.4) is 0 Å². The third kappa shape index (κ3) is 1.70. The first-order chi connectivity index (χ1) is 4.74. The van der Waals surface area contributed by atoms with Gasteiger partial charge >= 0.3 is 0 Å². The Labute approximate surface area is 63.6 Å². The first-order valence-corrected chi connectivity index (χ1v) is 4.17. The summed E-state index contributed by atoms with van der Waals surface area (Å²) in [5.41, 5.74) is 0. The fraction of sp³-hybridized carbons (Fsp3) is 1.00. The summed E-state index contributed by atoms with van der Waals surface area (Å²) in [5.74, 6) is 0.869. The second-order valence-corrected chi connectivity index (χ2v) is 3.35. The Morgan fingerprint density at radius 1 is 1.60 bits per heavy atom. The van der Waals surface area contributed by atoms with Crippen LogP contribution in [0.5, 0.6) is 0 Å². The van der Waals surface area contributed by atoms with Crippen LogP contribution in [0.4, 0.5) is 0 Å². The molecule has 2 heteroatoms. The number of likely N-dealkylation sites (tertiary alicyclic amines) is 1. The lowest BCUT2D eigenvalue weighted by Crippen LogP contribution is -2.38. The molecule has 0 spiro atoms. The van der Waals surface area contributed by atoms with E-state index in [2.05, 4.69) is 31.1 Å². The highest BCUT2D eigenvalue weighted by atomic mass is 15.3. The highest BCUT2D eigenvalue weighted by molar-refractivity contribution is 4.78. The average Bonchev–Trinajstić information content (AvgIpc) is 2.13. The smallest absolute Gasteiger partial charge is 0.0597 e. The van der Waals surface area contributed by atoms with Gasteiger partial charge in [-0.25, -0.2) is 0 Å². The number of hydrogen-bond donors (Lipinski definition) is 1. The lowest BCUT2D eigenvalue weighted by molar-refractivity contribution is 0.268. The van der Waals surface area contributed by atoms with Crippen molar-refractivity contribution >= 4 is 0 Å². The van der Waals surface area contributed by atoms with Crippen LogP contribution in [0.2, 0.25) is 0 Å². The maximum absolute atomic E-state index is 3.45. The van der Waals surface area contributed by atoms with Crippen molar-refractivity contribution in [2.45, 2.75) is 26.4 Å². The molecule has 0 aromatic carbocycles. The van der Waals surface area contributed by atoms with Crippen LogP contribution in [-0.4, -0.2) is 31.2 Å². The van der Waals surface area contributed by atoms with E-state index in [1.165, 1.54) is 13.0 Å². The largest absolute Gasteiger partial charge is 0.302 e. The molecule has 0 amide bonds. The zero-order valence-electron chi connectivity index (χ0n) is 7.22. The van der Waals surface area contributed by atoms with Crippen molar-refractivity contribution < 1.29 is 0 Å². The number of nitrogens with zero attached hydrogens (tertiary/aromatic N) is 1. The zero-order valence-corrected chi connectivity index (χ0v) is 7.22. The third-order valence-corrected chi connectivity index (χ3v) is 2.20. The van der Waals surface area contributed by atoms with Gasteiger partial charge in [0.05, 0.1) is 6.17 Å². The molecular weight excluding hydrogens is 124 g/mol. The summed E-state index contributed by atoms with van der Waals surface area (Å²) in [6, 6.07) is 0. The average molecular weight is 142 g/mol. The van der Waals surface area contributed by atoms with E-state index in [4.69, 9.17) is 0 Å². The Morgan fingerprint density at radius 2 is 2.30 bits per heavy atom. The summed E-state index contributed by atoms with van der Waals surface area (Å²) >= 11 is 0. The molecule has 1 aliphatic rings. The molecule has 0 aliphatic carbocycles. The van der Waals surface area contributed by atoms with Gasteiger partial charge in [0, 0.05) is 6.54 Å². The Morgan fingerprint density at radius 3 is 2.70 bits per heavy atom. The van der Waals surface area contributed by atoms with Crippen molar-refractivity contribution in [2.75, 3.05) is 20.1 Å². The number of rotatable bonds is 2. The number of nitrogens with one attached hydrogen (secondary N) is 1. The molecule has 0 bridgehead atoms. The summed E-state index contributed by atoms with van der Waals surface area (Å²) in [7, 11) is 2.19. The van der Waals surface area contributed by atoms with Crippen LogP contribution in [0, 0.1) is 5.92 Å². The molecule has 0 radical (unpaired) electrons. The van der Waals surface area contributed by atoms with Crippen LogP contribution in [0.15, 0.2) is 0 Å². The summed E-state index contributed by atoms with van der Waals surface area (Å²) in [6.45, 7) is 6.81. The standard InChI is InChI=1S/C8H18N2/c1-4-9-8-5-7(2)6-10(8)3/h7-9H,4-6H2,1-3H3. The van der Waals surface area contributed by atoms with E-state index in [1.807, 2.05) is 0 Å². The normalized spacial score (nSPS) is 35.1. The summed E-state index contributed by atoms with van der Waals surface area (Å²) < 4.78 is 0. The molecule has 1 heterocycles. The Hall–Kier alpha value is -0.0800. The van der Waals surface area contributed by atoms with Gasteiger partial charge in [0.2, 0.25) is 0 Å². The monoisotopic (exact) mass is 142 g/mol. The van der Waals surface area contributed by atoms with E-state index >= 15 is 0 Å². The minimum absolute atomic E-state index is 0.639. The van der Waals surface area contributed by atoms with Crippen molar-refractivity contribution in [1.82, 2.24) is 10.2 Å². The van der Waals surface area contributed by atoms with Gasteiger partial charge < -0.3 is 5.32 Å². The van der Waals surface area contributed by atoms with Crippen molar-refractivity contribution in [2.24, 2.45) is 5.92 Å². The second-order valence-electron chi connectivity index (χ2n) is 3.35. The van der Waals surface area contributed by atoms with Crippen LogP contribution in [0.1, 0.15) is 20.3 Å². The molecule has 0 saturated carbocycles. The predicted molar refractivity (Wildman–Crippen MR) is 43.9 cm³/mol. The Kier molecular flexibility index (Phi) is 2.69. The minimum atomic E-state index is 0.639. The van der Waals surface area contributed by atoms with Crippen molar-refractivity contribution in [1.29, 1.82) is 0 Å². The second kappa shape index (κ2) is 3.35. The molecule has 0 aromatic rings. The third-order valence-electron chi connectivity index (χ3n) is 2.20. The van der Waals surface area contributed by atoms with Crippen LogP contribution >= 0.6 is 0 Å². The molecule has 1 aliphatic heterocycles. The van der Waals surface area contributed by atoms with Gasteiger partial charge in [-0.2, -0.15) is 0 Å². The SMILES string of the molecule is CCNC1CC(C)CN1C. The van der Waals surface area contributed by atoms with Crippen LogP contribution < -0.4 is 5.32 Å². The summed E-state index contributed by atoms with van der Waals surface area (Å²) in [6.07, 6.45) is 1.95. The molecule has 1 N–H and O–H groups in total. The fourth-order valence-electron chi connectivity index (χ4n) is 1.73. The van der Waals surface area contributed by atoms with E-state index in [0.717, 1.165) is 12.5 Å². The highest BCUT2D eigenvalue weighted by Gasteiger charge is 2.24. The van der Waals surface area contributed by atoms with Gasteiger partial charge in [0.1, 0.15) is 0 Å². The van der Waals surface area contributed by atoms with Gasteiger partial charge in [0.25, 0.3) is 0 Å². The predicted octanol–water partition coefficient (Wildman–Crippen LogP) is 0.894. The maximum Gasteiger partial charge on any atom is 0.0597 e. The van der Waals surface area contributed by atoms with E-state index in [-0.39, 0.29) is 0 Å². The number of hydrogen-bond acceptors (Lipinski definition) is 2. The van der Waals surface area contributed by atoms with Gasteiger partial charge in [-0.15, -0.1) is 0 Å². The minimum Gasteiger partial charge on any atom is -0.302 e. The van der Waals surface area contributed by atoms with Crippen molar-refractivity contribution in [3.05, 3.63) is 0 Å². The molecule has 2 nitrogen and oxygen atoms in total. The molecular formula is C8H18N2. The van der Waals surface area contributed by atoms with Crippen molar-refractivity contribution in [3.8, 4) is 0 Å². The lowest BCUT2D eigenvalue weighted by atomic mass is 10.1. The molecule has 2 unspecified atom stereocenters. The highest BCUT2D eigenvalue weighted by Crippen LogP contribution is 2.18. The lowest BCUT2D eigenvalue weighted by Gasteiger charge is -2.19. The topological polar surface area (TPSA) is 15.3 Å². The van der Waals surface area contributed by atoms with Gasteiger partial charge in [-0.3, -0.25) is 4.90 Å². The van der Waals surface area contributed by atoms with Crippen LogP contribution in [-0.2, 0) is 0 Å². The molecule has 60 valence electrons. The Bertz CT molecular complexity index is 103. The quantitative estimate of drug-likeness (QED) is 0.616. The van der Waals surface area contributed by atoms with Crippen molar-refractivity contribution in [3.63, 3.8) is 0 Å². The van der Waals surface area contributed by atoms with Gasteiger partial charge in [0.15, 0.2) is 0 Å². The van der Waals surface area contributed by atoms with Gasteiger partial charge in [-0.1, -0.05) is 13.8 Å². The maximum atomic E-state index is 3.45. The first kappa shape index (κ1) is 8.02. The fourth-order valence-corrected chi connectivity index (χ4v) is 1.73. The molecule has 2 atom stereocenters. The van der Waals surface area contributed by atoms with E-state index in [1.54, 1.807) is 0 Å². The summed E-state index contributed by atoms with van der Waals surface area (Å²) in [4.78, 5) is 2.40. The Balaban J connectivity index is 2.31. The first-order valence-electron chi connectivity index (χ1n) is 4.17. The van der Waals surface area contributed by atoms with Crippen LogP contribution in [0.25, 0.3) is 0 Å². The van der Waals surface area contributed by atoms with E-state index in [9.17, 15) is 0 Å². The van der Waals surface area contributed by atoms with E-state index < -0.39 is 0 Å². The molecule has 1 saturated heterocycles. The zero-order chi connectivity index (χ0) is 7.56. The molecule has 0 aromatic heterocycles. The van der Waals surface area contributed by atoms with E-state index in [0.29, 0.717) is 6.17 Å². The molecule has 1 rings (SSSR count). The molecule has 1 fully saturated rings. The summed E-state index contributed by atoms with van der Waals surface area (Å²) in [5, 5.41) is 3.45. The molecule has 10 heavy (non-hydrogen) atoms.